The Kier molecular flexibility index (Phi) is 5.02. The average molecular weight is 259 g/mol. The molecular formula is C12H19ClN2O2. The zero-order valence-electron chi connectivity index (χ0n) is 10.3. The Hall–Kier alpha value is -1.00. The van der Waals surface area contributed by atoms with Gasteiger partial charge in [0.15, 0.2) is 5.76 Å². The minimum absolute atomic E-state index is 0. The minimum atomic E-state index is 0. The van der Waals surface area contributed by atoms with Crippen molar-refractivity contribution in [1.82, 2.24) is 10.2 Å². The minimum Gasteiger partial charge on any atom is -0.456 e. The van der Waals surface area contributed by atoms with Crippen LogP contribution in [0.15, 0.2) is 10.5 Å². The van der Waals surface area contributed by atoms with E-state index in [2.05, 4.69) is 5.32 Å². The van der Waals surface area contributed by atoms with E-state index in [1.54, 1.807) is 0 Å². The van der Waals surface area contributed by atoms with Gasteiger partial charge in [0.1, 0.15) is 5.76 Å². The van der Waals surface area contributed by atoms with Crippen LogP contribution >= 0.6 is 12.4 Å². The van der Waals surface area contributed by atoms with Crippen LogP contribution in [0, 0.1) is 13.8 Å². The van der Waals surface area contributed by atoms with Crippen LogP contribution in [0.5, 0.6) is 0 Å². The van der Waals surface area contributed by atoms with Gasteiger partial charge in [0, 0.05) is 25.2 Å². The SMILES string of the molecule is Cc1cc(C)c(C(=O)N2CCCNCC2)o1.Cl. The highest BCUT2D eigenvalue weighted by Gasteiger charge is 2.21. The highest BCUT2D eigenvalue weighted by atomic mass is 35.5. The van der Waals surface area contributed by atoms with Gasteiger partial charge in [0.05, 0.1) is 0 Å². The summed E-state index contributed by atoms with van der Waals surface area (Å²) >= 11 is 0. The normalized spacial score (nSPS) is 16.2. The number of rotatable bonds is 1. The molecule has 0 aliphatic carbocycles. The Morgan fingerprint density at radius 3 is 2.76 bits per heavy atom. The molecule has 0 spiro atoms. The number of hydrogen-bond acceptors (Lipinski definition) is 3. The van der Waals surface area contributed by atoms with E-state index in [1.807, 2.05) is 24.8 Å². The van der Waals surface area contributed by atoms with Gasteiger partial charge in [0.25, 0.3) is 5.91 Å². The van der Waals surface area contributed by atoms with E-state index in [-0.39, 0.29) is 18.3 Å². The summed E-state index contributed by atoms with van der Waals surface area (Å²) in [5.41, 5.74) is 0.930. The molecule has 1 N–H and O–H groups in total. The van der Waals surface area contributed by atoms with Gasteiger partial charge in [-0.05, 0) is 32.9 Å². The van der Waals surface area contributed by atoms with E-state index in [4.69, 9.17) is 4.42 Å². The topological polar surface area (TPSA) is 45.5 Å². The van der Waals surface area contributed by atoms with Gasteiger partial charge >= 0.3 is 0 Å². The highest BCUT2D eigenvalue weighted by Crippen LogP contribution is 2.16. The first-order chi connectivity index (χ1) is 7.68. The second-order valence-corrected chi connectivity index (χ2v) is 4.26. The first-order valence-corrected chi connectivity index (χ1v) is 5.75. The van der Waals surface area contributed by atoms with Crippen molar-refractivity contribution in [3.05, 3.63) is 23.2 Å². The molecule has 4 nitrogen and oxygen atoms in total. The smallest absolute Gasteiger partial charge is 0.289 e. The standard InChI is InChI=1S/C12H18N2O2.ClH/c1-9-8-10(2)16-11(9)12(15)14-6-3-4-13-5-7-14;/h8,13H,3-7H2,1-2H3;1H. The summed E-state index contributed by atoms with van der Waals surface area (Å²) in [5.74, 6) is 1.32. The van der Waals surface area contributed by atoms with Crippen molar-refractivity contribution in [3.8, 4) is 0 Å². The second-order valence-electron chi connectivity index (χ2n) is 4.26. The summed E-state index contributed by atoms with van der Waals surface area (Å²) in [7, 11) is 0. The third kappa shape index (κ3) is 3.23. The number of halogens is 1. The molecule has 0 atom stereocenters. The van der Waals surface area contributed by atoms with E-state index in [0.717, 1.165) is 43.9 Å². The van der Waals surface area contributed by atoms with Crippen molar-refractivity contribution >= 4 is 18.3 Å². The van der Waals surface area contributed by atoms with Crippen molar-refractivity contribution in [3.63, 3.8) is 0 Å². The van der Waals surface area contributed by atoms with Crippen LogP contribution < -0.4 is 5.32 Å². The van der Waals surface area contributed by atoms with E-state index in [9.17, 15) is 4.79 Å². The Morgan fingerprint density at radius 2 is 2.12 bits per heavy atom. The van der Waals surface area contributed by atoms with Crippen molar-refractivity contribution in [2.24, 2.45) is 0 Å². The molecule has 1 aliphatic rings. The maximum absolute atomic E-state index is 12.2. The zero-order chi connectivity index (χ0) is 11.5. The number of nitrogens with zero attached hydrogens (tertiary/aromatic N) is 1. The molecule has 0 saturated carbocycles. The summed E-state index contributed by atoms with van der Waals surface area (Å²) in [6.45, 7) is 7.21. The number of nitrogens with one attached hydrogen (secondary N) is 1. The summed E-state index contributed by atoms with van der Waals surface area (Å²) in [6.07, 6.45) is 1.00. The molecule has 1 fully saturated rings. The number of aryl methyl sites for hydroxylation is 2. The Morgan fingerprint density at radius 1 is 1.35 bits per heavy atom. The number of carbonyl (C=O) groups is 1. The molecule has 1 aliphatic heterocycles. The molecule has 2 heterocycles. The zero-order valence-corrected chi connectivity index (χ0v) is 11.1. The number of amides is 1. The third-order valence-corrected chi connectivity index (χ3v) is 2.86. The predicted molar refractivity (Wildman–Crippen MR) is 68.8 cm³/mol. The van der Waals surface area contributed by atoms with Gasteiger partial charge in [-0.25, -0.2) is 0 Å². The molecule has 96 valence electrons. The second kappa shape index (κ2) is 6.07. The summed E-state index contributed by atoms with van der Waals surface area (Å²) in [4.78, 5) is 14.1. The van der Waals surface area contributed by atoms with Gasteiger partial charge in [-0.2, -0.15) is 0 Å². The first-order valence-electron chi connectivity index (χ1n) is 5.75. The van der Waals surface area contributed by atoms with Crippen molar-refractivity contribution in [2.45, 2.75) is 20.3 Å². The molecule has 0 aromatic carbocycles. The monoisotopic (exact) mass is 258 g/mol. The van der Waals surface area contributed by atoms with E-state index < -0.39 is 0 Å². The lowest BCUT2D eigenvalue weighted by Gasteiger charge is -2.18. The molecule has 5 heteroatoms. The van der Waals surface area contributed by atoms with Gasteiger partial charge in [0.2, 0.25) is 0 Å². The lowest BCUT2D eigenvalue weighted by atomic mass is 10.2. The summed E-state index contributed by atoms with van der Waals surface area (Å²) in [5, 5.41) is 3.28. The largest absolute Gasteiger partial charge is 0.456 e. The van der Waals surface area contributed by atoms with Crippen LogP contribution in [0.2, 0.25) is 0 Å². The third-order valence-electron chi connectivity index (χ3n) is 2.86. The number of carbonyl (C=O) groups excluding carboxylic acids is 1. The molecule has 0 bridgehead atoms. The van der Waals surface area contributed by atoms with Gasteiger partial charge in [-0.15, -0.1) is 12.4 Å². The quantitative estimate of drug-likeness (QED) is 0.835. The Bertz CT molecular complexity index is 382. The summed E-state index contributed by atoms with van der Waals surface area (Å²) in [6, 6.07) is 1.91. The van der Waals surface area contributed by atoms with Gasteiger partial charge in [-0.3, -0.25) is 4.79 Å². The lowest BCUT2D eigenvalue weighted by Crippen LogP contribution is -2.34. The number of hydrogen-bond donors (Lipinski definition) is 1. The van der Waals surface area contributed by atoms with E-state index >= 15 is 0 Å². The van der Waals surface area contributed by atoms with Crippen LogP contribution in [0.25, 0.3) is 0 Å². The maximum atomic E-state index is 12.2. The fraction of sp³-hybridized carbons (Fsp3) is 0.583. The Balaban J connectivity index is 0.00000144. The van der Waals surface area contributed by atoms with Gasteiger partial charge < -0.3 is 14.6 Å². The van der Waals surface area contributed by atoms with Gasteiger partial charge in [-0.1, -0.05) is 0 Å². The van der Waals surface area contributed by atoms with Crippen LogP contribution in [0.1, 0.15) is 28.3 Å². The maximum Gasteiger partial charge on any atom is 0.289 e. The highest BCUT2D eigenvalue weighted by molar-refractivity contribution is 5.93. The van der Waals surface area contributed by atoms with Crippen LogP contribution in [-0.4, -0.2) is 37.0 Å². The number of furan rings is 1. The van der Waals surface area contributed by atoms with Crippen LogP contribution in [-0.2, 0) is 0 Å². The molecule has 0 unspecified atom stereocenters. The summed E-state index contributed by atoms with van der Waals surface area (Å²) < 4.78 is 5.46. The fourth-order valence-electron chi connectivity index (χ4n) is 2.05. The van der Waals surface area contributed by atoms with Crippen molar-refractivity contribution < 1.29 is 9.21 Å². The van der Waals surface area contributed by atoms with E-state index in [0.29, 0.717) is 5.76 Å². The molecule has 1 amide bonds. The molecule has 1 aromatic rings. The van der Waals surface area contributed by atoms with Crippen molar-refractivity contribution in [2.75, 3.05) is 26.2 Å². The molecule has 2 rings (SSSR count). The van der Waals surface area contributed by atoms with Crippen molar-refractivity contribution in [1.29, 1.82) is 0 Å². The molecule has 0 radical (unpaired) electrons. The molecular weight excluding hydrogens is 240 g/mol. The molecule has 17 heavy (non-hydrogen) atoms. The van der Waals surface area contributed by atoms with Crippen LogP contribution in [0.3, 0.4) is 0 Å². The van der Waals surface area contributed by atoms with Crippen LogP contribution in [0.4, 0.5) is 0 Å². The molecule has 1 aromatic heterocycles. The lowest BCUT2D eigenvalue weighted by molar-refractivity contribution is 0.0732. The van der Waals surface area contributed by atoms with E-state index in [1.165, 1.54) is 0 Å². The molecule has 1 saturated heterocycles. The fourth-order valence-corrected chi connectivity index (χ4v) is 2.05. The predicted octanol–water partition coefficient (Wildman–Crippen LogP) is 1.75. The average Bonchev–Trinajstić information content (AvgIpc) is 2.49. The Labute approximate surface area is 108 Å². The first kappa shape index (κ1) is 14.1.